The molecule has 41 heavy (non-hydrogen) atoms. The third kappa shape index (κ3) is 6.81. The molecule has 0 radical (unpaired) electrons. The number of hydrogen-bond donors (Lipinski definition) is 2. The minimum atomic E-state index is -4.57. The standard InChI is InChI=1S/C28H28F3N7O3/c1-36-8-10-37(11-9-36)16-19-2-3-20(13-23(19)28(29,30)31)35-27(40)38-7-6-18-12-22(4-5-24(18)38)41-26-15-21(14-25(32)39)33-17-34-26/h2-7,12-13,15,17H,8-11,14,16H2,1H3,(H2,32,39)(H,35,40). The molecule has 2 amide bonds. The fourth-order valence-electron chi connectivity index (χ4n) is 4.68. The van der Waals surface area contributed by atoms with Crippen LogP contribution in [0.4, 0.5) is 23.7 Å². The molecule has 13 heteroatoms. The van der Waals surface area contributed by atoms with Crippen LogP contribution >= 0.6 is 0 Å². The minimum absolute atomic E-state index is 0.0433. The van der Waals surface area contributed by atoms with E-state index in [-0.39, 0.29) is 30.1 Å². The van der Waals surface area contributed by atoms with Crippen LogP contribution in [0.1, 0.15) is 16.8 Å². The number of aromatic nitrogens is 3. The van der Waals surface area contributed by atoms with Crippen molar-refractivity contribution >= 4 is 28.5 Å². The Balaban J connectivity index is 1.31. The van der Waals surface area contributed by atoms with Crippen molar-refractivity contribution in [2.45, 2.75) is 19.1 Å². The lowest BCUT2D eigenvalue weighted by molar-refractivity contribution is -0.138. The summed E-state index contributed by atoms with van der Waals surface area (Å²) in [6.45, 7) is 3.16. The Bertz CT molecular complexity index is 1580. The lowest BCUT2D eigenvalue weighted by Gasteiger charge is -2.33. The zero-order valence-electron chi connectivity index (χ0n) is 22.2. The second kappa shape index (κ2) is 11.6. The molecule has 0 unspecified atom stereocenters. The summed E-state index contributed by atoms with van der Waals surface area (Å²) in [4.78, 5) is 36.3. The van der Waals surface area contributed by atoms with Crippen LogP contribution in [-0.2, 0) is 23.9 Å². The highest BCUT2D eigenvalue weighted by Gasteiger charge is 2.34. The Morgan fingerprint density at radius 3 is 2.54 bits per heavy atom. The Morgan fingerprint density at radius 1 is 1.02 bits per heavy atom. The monoisotopic (exact) mass is 567 g/mol. The number of primary amides is 1. The first-order valence-corrected chi connectivity index (χ1v) is 12.9. The highest BCUT2D eigenvalue weighted by Crippen LogP contribution is 2.35. The van der Waals surface area contributed by atoms with Gasteiger partial charge in [-0.2, -0.15) is 13.2 Å². The Kier molecular flexibility index (Phi) is 7.90. The number of carbonyl (C=O) groups is 2. The number of fused-ring (bicyclic) bond motifs is 1. The first-order valence-electron chi connectivity index (χ1n) is 12.9. The first kappa shape index (κ1) is 28.1. The maximum Gasteiger partial charge on any atom is 0.416 e. The van der Waals surface area contributed by atoms with Crippen molar-refractivity contribution in [1.82, 2.24) is 24.3 Å². The predicted octanol–water partition coefficient (Wildman–Crippen LogP) is 4.10. The summed E-state index contributed by atoms with van der Waals surface area (Å²) < 4.78 is 48.9. The number of hydrogen-bond acceptors (Lipinski definition) is 7. The normalized spacial score (nSPS) is 14.7. The number of likely N-dealkylation sites (N-methyl/N-ethyl adjacent to an activating group) is 1. The highest BCUT2D eigenvalue weighted by molar-refractivity contribution is 5.98. The Hall–Kier alpha value is -4.49. The predicted molar refractivity (Wildman–Crippen MR) is 146 cm³/mol. The van der Waals surface area contributed by atoms with Gasteiger partial charge in [-0.25, -0.2) is 14.8 Å². The topological polar surface area (TPSA) is 119 Å². The maximum absolute atomic E-state index is 14.0. The van der Waals surface area contributed by atoms with Gasteiger partial charge in [0, 0.05) is 56.1 Å². The van der Waals surface area contributed by atoms with E-state index in [9.17, 15) is 22.8 Å². The molecule has 4 aromatic rings. The van der Waals surface area contributed by atoms with E-state index in [1.54, 1.807) is 24.3 Å². The fraction of sp³-hybridized carbons (Fsp3) is 0.286. The lowest BCUT2D eigenvalue weighted by Crippen LogP contribution is -2.44. The van der Waals surface area contributed by atoms with E-state index in [4.69, 9.17) is 10.5 Å². The number of nitrogens with two attached hydrogens (primary N) is 1. The molecule has 0 bridgehead atoms. The largest absolute Gasteiger partial charge is 0.439 e. The molecule has 0 aliphatic carbocycles. The SMILES string of the molecule is CN1CCN(Cc2ccc(NC(=O)n3ccc4cc(Oc5cc(CC(N)=O)ncn5)ccc43)cc2C(F)(F)F)CC1. The third-order valence-corrected chi connectivity index (χ3v) is 6.81. The van der Waals surface area contributed by atoms with E-state index in [1.165, 1.54) is 35.3 Å². The summed E-state index contributed by atoms with van der Waals surface area (Å²) in [5, 5.41) is 3.23. The zero-order valence-corrected chi connectivity index (χ0v) is 22.2. The summed E-state index contributed by atoms with van der Waals surface area (Å²) in [5.41, 5.74) is 5.59. The number of alkyl halides is 3. The molecule has 2 aromatic carbocycles. The van der Waals surface area contributed by atoms with E-state index in [1.807, 2.05) is 11.9 Å². The van der Waals surface area contributed by atoms with Crippen molar-refractivity contribution in [2.24, 2.45) is 5.73 Å². The number of benzene rings is 2. The molecule has 3 heterocycles. The molecule has 0 atom stereocenters. The molecular weight excluding hydrogens is 539 g/mol. The van der Waals surface area contributed by atoms with Crippen molar-refractivity contribution < 1.29 is 27.5 Å². The number of anilines is 1. The second-order valence-electron chi connectivity index (χ2n) is 9.88. The average Bonchev–Trinajstić information content (AvgIpc) is 3.33. The van der Waals surface area contributed by atoms with E-state index in [0.29, 0.717) is 35.4 Å². The first-order chi connectivity index (χ1) is 19.5. The van der Waals surface area contributed by atoms with E-state index < -0.39 is 23.7 Å². The number of nitrogens with zero attached hydrogens (tertiary/aromatic N) is 5. The molecule has 214 valence electrons. The number of carbonyl (C=O) groups excluding carboxylic acids is 2. The van der Waals surface area contributed by atoms with Gasteiger partial charge in [0.2, 0.25) is 11.8 Å². The molecule has 0 saturated carbocycles. The van der Waals surface area contributed by atoms with Crippen LogP contribution in [0.2, 0.25) is 0 Å². The Labute approximate surface area is 233 Å². The molecule has 1 saturated heterocycles. The van der Waals surface area contributed by atoms with Gasteiger partial charge in [-0.15, -0.1) is 0 Å². The van der Waals surface area contributed by atoms with Crippen molar-refractivity contribution in [3.63, 3.8) is 0 Å². The quantitative estimate of drug-likeness (QED) is 0.345. The average molecular weight is 568 g/mol. The van der Waals surface area contributed by atoms with Crippen LogP contribution in [-0.4, -0.2) is 69.5 Å². The zero-order chi connectivity index (χ0) is 29.1. The molecule has 1 aliphatic heterocycles. The number of nitrogens with one attached hydrogen (secondary N) is 1. The van der Waals surface area contributed by atoms with Gasteiger partial charge < -0.3 is 20.7 Å². The summed E-state index contributed by atoms with van der Waals surface area (Å²) in [7, 11) is 1.99. The van der Waals surface area contributed by atoms with Crippen molar-refractivity contribution in [1.29, 1.82) is 0 Å². The van der Waals surface area contributed by atoms with Crippen molar-refractivity contribution in [3.8, 4) is 11.6 Å². The molecule has 10 nitrogen and oxygen atoms in total. The molecule has 1 aliphatic rings. The number of amides is 2. The van der Waals surface area contributed by atoms with Crippen LogP contribution in [0.25, 0.3) is 10.9 Å². The van der Waals surface area contributed by atoms with Gasteiger partial charge >= 0.3 is 12.2 Å². The van der Waals surface area contributed by atoms with Crippen LogP contribution < -0.4 is 15.8 Å². The number of ether oxygens (including phenoxy) is 1. The smallest absolute Gasteiger partial charge is 0.416 e. The van der Waals surface area contributed by atoms with Gasteiger partial charge in [-0.3, -0.25) is 14.3 Å². The van der Waals surface area contributed by atoms with E-state index in [2.05, 4.69) is 20.2 Å². The van der Waals surface area contributed by atoms with Crippen LogP contribution in [0, 0.1) is 0 Å². The lowest BCUT2D eigenvalue weighted by atomic mass is 10.0. The minimum Gasteiger partial charge on any atom is -0.439 e. The summed E-state index contributed by atoms with van der Waals surface area (Å²) in [6.07, 6.45) is -1.84. The van der Waals surface area contributed by atoms with Crippen LogP contribution in [0.15, 0.2) is 61.1 Å². The van der Waals surface area contributed by atoms with Crippen molar-refractivity contribution in [3.05, 3.63) is 77.9 Å². The highest BCUT2D eigenvalue weighted by atomic mass is 19.4. The van der Waals surface area contributed by atoms with Crippen LogP contribution in [0.5, 0.6) is 11.6 Å². The molecular formula is C28H28F3N7O3. The fourth-order valence-corrected chi connectivity index (χ4v) is 4.68. The third-order valence-electron chi connectivity index (χ3n) is 6.81. The summed E-state index contributed by atoms with van der Waals surface area (Å²) in [5.74, 6) is 0.0985. The van der Waals surface area contributed by atoms with Gasteiger partial charge in [0.15, 0.2) is 0 Å². The maximum atomic E-state index is 14.0. The summed E-state index contributed by atoms with van der Waals surface area (Å²) in [6, 6.07) is 11.4. The van der Waals surface area contributed by atoms with Gasteiger partial charge in [0.25, 0.3) is 0 Å². The molecule has 3 N–H and O–H groups in total. The molecule has 0 spiro atoms. The number of piperazine rings is 1. The Morgan fingerprint density at radius 2 is 1.80 bits per heavy atom. The van der Waals surface area contributed by atoms with Gasteiger partial charge in [0.05, 0.1) is 23.2 Å². The van der Waals surface area contributed by atoms with Gasteiger partial charge in [-0.05, 0) is 49.0 Å². The van der Waals surface area contributed by atoms with Crippen molar-refractivity contribution in [2.75, 3.05) is 38.5 Å². The van der Waals surface area contributed by atoms with Crippen LogP contribution in [0.3, 0.4) is 0 Å². The summed E-state index contributed by atoms with van der Waals surface area (Å²) >= 11 is 0. The molecule has 5 rings (SSSR count). The molecule has 1 fully saturated rings. The van der Waals surface area contributed by atoms with E-state index in [0.717, 1.165) is 19.2 Å². The number of rotatable bonds is 7. The second-order valence-corrected chi connectivity index (χ2v) is 9.88. The van der Waals surface area contributed by atoms with E-state index >= 15 is 0 Å². The van der Waals surface area contributed by atoms with Gasteiger partial charge in [-0.1, -0.05) is 6.07 Å². The molecule has 2 aromatic heterocycles. The number of halogens is 3. The van der Waals surface area contributed by atoms with Gasteiger partial charge in [0.1, 0.15) is 12.1 Å².